The minimum Gasteiger partial charge on any atom is -0.291 e. The Morgan fingerprint density at radius 2 is 1.87 bits per heavy atom. The highest BCUT2D eigenvalue weighted by Crippen LogP contribution is 2.31. The second kappa shape index (κ2) is 6.39. The van der Waals surface area contributed by atoms with Gasteiger partial charge in [-0.15, -0.1) is 0 Å². The van der Waals surface area contributed by atoms with Crippen molar-refractivity contribution >= 4 is 28.6 Å². The molecule has 23 heavy (non-hydrogen) atoms. The van der Waals surface area contributed by atoms with E-state index in [1.54, 1.807) is 22.2 Å². The molecule has 0 unspecified atom stereocenters. The molecule has 1 heterocycles. The molecule has 0 saturated heterocycles. The zero-order chi connectivity index (χ0) is 16.2. The van der Waals surface area contributed by atoms with E-state index in [-0.39, 0.29) is 12.2 Å². The van der Waals surface area contributed by atoms with E-state index < -0.39 is 0 Å². The lowest BCUT2D eigenvalue weighted by molar-refractivity contribution is 0.0993. The normalized spacial score (nSPS) is 10.2. The van der Waals surface area contributed by atoms with Crippen molar-refractivity contribution in [2.24, 2.45) is 0 Å². The van der Waals surface area contributed by atoms with Gasteiger partial charge in [0.2, 0.25) is 0 Å². The van der Waals surface area contributed by atoms with Gasteiger partial charge in [-0.3, -0.25) is 8.77 Å². The monoisotopic (exact) mass is 317 g/mol. The topological polar surface area (TPSA) is 69.6 Å². The van der Waals surface area contributed by atoms with Crippen molar-refractivity contribution < 1.29 is 4.79 Å². The second-order valence-corrected chi connectivity index (χ2v) is 5.89. The van der Waals surface area contributed by atoms with Gasteiger partial charge in [0.15, 0.2) is 5.78 Å². The molecule has 1 aromatic heterocycles. The Morgan fingerprint density at radius 3 is 2.57 bits per heavy atom. The molecule has 0 aliphatic heterocycles. The highest BCUT2D eigenvalue weighted by Gasteiger charge is 2.17. The molecule has 110 valence electrons. The van der Waals surface area contributed by atoms with Crippen LogP contribution in [0.2, 0.25) is 0 Å². The lowest BCUT2D eigenvalue weighted by Crippen LogP contribution is -2.03. The van der Waals surface area contributed by atoms with Crippen molar-refractivity contribution in [3.8, 4) is 12.1 Å². The van der Waals surface area contributed by atoms with Crippen molar-refractivity contribution in [1.82, 2.24) is 3.97 Å². The second-order valence-electron chi connectivity index (χ2n) is 4.87. The molecule has 3 rings (SSSR count). The quantitative estimate of drug-likeness (QED) is 0.677. The van der Waals surface area contributed by atoms with Crippen LogP contribution in [0.1, 0.15) is 22.5 Å². The number of carbonyl (C=O) groups is 1. The van der Waals surface area contributed by atoms with Gasteiger partial charge in [0.25, 0.3) is 0 Å². The summed E-state index contributed by atoms with van der Waals surface area (Å²) in [5, 5.41) is 18.8. The van der Waals surface area contributed by atoms with Crippen LogP contribution < -0.4 is 0 Å². The summed E-state index contributed by atoms with van der Waals surface area (Å²) in [4.78, 5) is 13.2. The standard InChI is InChI=1S/C18H11N3OS/c19-9-8-18(22)17-11-14-7-6-13(12-20)10-16(14)21(17)23-15-4-2-1-3-5-15/h1-7,10-11H,8H2. The van der Waals surface area contributed by atoms with Gasteiger partial charge < -0.3 is 0 Å². The highest BCUT2D eigenvalue weighted by atomic mass is 32.2. The van der Waals surface area contributed by atoms with Gasteiger partial charge in [-0.05, 0) is 42.3 Å². The lowest BCUT2D eigenvalue weighted by atomic mass is 10.1. The van der Waals surface area contributed by atoms with E-state index in [1.165, 1.54) is 11.9 Å². The molecule has 4 nitrogen and oxygen atoms in total. The molecular formula is C18H11N3OS. The molecule has 0 spiro atoms. The van der Waals surface area contributed by atoms with Crippen LogP contribution in [0, 0.1) is 22.7 Å². The smallest absolute Gasteiger partial charge is 0.194 e. The Kier molecular flexibility index (Phi) is 4.14. The zero-order valence-electron chi connectivity index (χ0n) is 12.1. The molecule has 0 saturated carbocycles. The van der Waals surface area contributed by atoms with Crippen molar-refractivity contribution in [1.29, 1.82) is 10.5 Å². The number of hydrogen-bond donors (Lipinski definition) is 0. The number of Topliss-reactive ketones (excluding diaryl/α,β-unsaturated/α-hetero) is 1. The zero-order valence-corrected chi connectivity index (χ0v) is 12.9. The summed E-state index contributed by atoms with van der Waals surface area (Å²) in [6, 6.07) is 20.7. The number of ketones is 1. The van der Waals surface area contributed by atoms with E-state index in [0.717, 1.165) is 15.8 Å². The molecule has 0 fully saturated rings. The number of hydrogen-bond acceptors (Lipinski definition) is 4. The predicted octanol–water partition coefficient (Wildman–Crippen LogP) is 4.16. The van der Waals surface area contributed by atoms with Gasteiger partial charge in [0.1, 0.15) is 6.42 Å². The fourth-order valence-corrected chi connectivity index (χ4v) is 3.29. The molecule has 0 radical (unpaired) electrons. The van der Waals surface area contributed by atoms with Gasteiger partial charge in [0, 0.05) is 10.3 Å². The van der Waals surface area contributed by atoms with Crippen molar-refractivity contribution in [2.75, 3.05) is 0 Å². The molecule has 0 amide bonds. The molecule has 0 aliphatic rings. The molecule has 2 aromatic carbocycles. The van der Waals surface area contributed by atoms with Crippen LogP contribution in [0.15, 0.2) is 59.5 Å². The number of nitriles is 2. The van der Waals surface area contributed by atoms with E-state index in [1.807, 2.05) is 42.5 Å². The fourth-order valence-electron chi connectivity index (χ4n) is 2.29. The number of benzene rings is 2. The molecule has 5 heteroatoms. The van der Waals surface area contributed by atoms with Crippen molar-refractivity contribution in [3.63, 3.8) is 0 Å². The number of carbonyl (C=O) groups excluding carboxylic acids is 1. The Morgan fingerprint density at radius 1 is 1.09 bits per heavy atom. The minimum atomic E-state index is -0.231. The average molecular weight is 317 g/mol. The summed E-state index contributed by atoms with van der Waals surface area (Å²) < 4.78 is 1.80. The third-order valence-corrected chi connectivity index (χ3v) is 4.41. The Hall–Kier alpha value is -3.02. The van der Waals surface area contributed by atoms with E-state index >= 15 is 0 Å². The molecular weight excluding hydrogens is 306 g/mol. The minimum absolute atomic E-state index is 0.170. The molecule has 0 aliphatic carbocycles. The highest BCUT2D eigenvalue weighted by molar-refractivity contribution is 7.98. The third kappa shape index (κ3) is 2.96. The Bertz CT molecular complexity index is 962. The first kappa shape index (κ1) is 14.9. The summed E-state index contributed by atoms with van der Waals surface area (Å²) in [6.07, 6.45) is -0.170. The Labute approximate surface area is 137 Å². The first-order valence-corrected chi connectivity index (χ1v) is 7.69. The van der Waals surface area contributed by atoms with E-state index in [0.29, 0.717) is 11.3 Å². The van der Waals surface area contributed by atoms with Gasteiger partial charge >= 0.3 is 0 Å². The fraction of sp³-hybridized carbons (Fsp3) is 0.0556. The van der Waals surface area contributed by atoms with Crippen LogP contribution in [0.3, 0.4) is 0 Å². The Balaban J connectivity index is 2.18. The third-order valence-electron chi connectivity index (χ3n) is 3.35. The molecule has 0 bridgehead atoms. The maximum absolute atomic E-state index is 12.3. The van der Waals surface area contributed by atoms with Crippen LogP contribution in [-0.2, 0) is 0 Å². The predicted molar refractivity (Wildman–Crippen MR) is 88.9 cm³/mol. The first-order valence-electron chi connectivity index (χ1n) is 6.92. The van der Waals surface area contributed by atoms with Crippen molar-refractivity contribution in [2.45, 2.75) is 11.3 Å². The summed E-state index contributed by atoms with van der Waals surface area (Å²) in [7, 11) is 0. The summed E-state index contributed by atoms with van der Waals surface area (Å²) in [5.74, 6) is -0.231. The largest absolute Gasteiger partial charge is 0.291 e. The van der Waals surface area contributed by atoms with Crippen molar-refractivity contribution in [3.05, 3.63) is 65.9 Å². The van der Waals surface area contributed by atoms with Crippen LogP contribution in [0.25, 0.3) is 10.9 Å². The maximum atomic E-state index is 12.3. The van der Waals surface area contributed by atoms with Crippen LogP contribution in [0.4, 0.5) is 0 Å². The maximum Gasteiger partial charge on any atom is 0.194 e. The van der Waals surface area contributed by atoms with E-state index in [4.69, 9.17) is 10.5 Å². The first-order chi connectivity index (χ1) is 11.2. The summed E-state index contributed by atoms with van der Waals surface area (Å²) in [6.45, 7) is 0. The average Bonchev–Trinajstić information content (AvgIpc) is 2.94. The van der Waals surface area contributed by atoms with Gasteiger partial charge in [-0.25, -0.2) is 0 Å². The summed E-state index contributed by atoms with van der Waals surface area (Å²) in [5.41, 5.74) is 1.79. The van der Waals surface area contributed by atoms with Gasteiger partial charge in [-0.2, -0.15) is 10.5 Å². The van der Waals surface area contributed by atoms with E-state index in [9.17, 15) is 4.79 Å². The molecule has 0 atom stereocenters. The van der Waals surface area contributed by atoms with Crippen LogP contribution >= 0.6 is 11.9 Å². The summed E-state index contributed by atoms with van der Waals surface area (Å²) >= 11 is 1.40. The number of aromatic nitrogens is 1. The molecule has 3 aromatic rings. The number of rotatable bonds is 4. The number of fused-ring (bicyclic) bond motifs is 1. The SMILES string of the molecule is N#CCC(=O)c1cc2ccc(C#N)cc2n1Sc1ccccc1. The van der Waals surface area contributed by atoms with Gasteiger partial charge in [0.05, 0.1) is 28.9 Å². The van der Waals surface area contributed by atoms with Crippen LogP contribution in [-0.4, -0.2) is 9.76 Å². The number of nitrogens with zero attached hydrogens (tertiary/aromatic N) is 3. The van der Waals surface area contributed by atoms with Gasteiger partial charge in [-0.1, -0.05) is 24.3 Å². The molecule has 0 N–H and O–H groups in total. The van der Waals surface area contributed by atoms with E-state index in [2.05, 4.69) is 6.07 Å². The van der Waals surface area contributed by atoms with Crippen LogP contribution in [0.5, 0.6) is 0 Å². The lowest BCUT2D eigenvalue weighted by Gasteiger charge is -2.08.